The molecule has 4 nitrogen and oxygen atoms in total. The normalized spacial score (nSPS) is 10.2. The molecule has 2 rings (SSSR count). The van der Waals surface area contributed by atoms with E-state index in [1.807, 2.05) is 13.0 Å². The predicted octanol–water partition coefficient (Wildman–Crippen LogP) is 2.72. The summed E-state index contributed by atoms with van der Waals surface area (Å²) in [5, 5.41) is 0.364. The molecule has 0 unspecified atom stereocenters. The lowest BCUT2D eigenvalue weighted by molar-refractivity contribution is 0.0992. The van der Waals surface area contributed by atoms with E-state index in [2.05, 4.69) is 9.97 Å². The number of hydrogen-bond acceptors (Lipinski definition) is 3. The average Bonchev–Trinajstić information content (AvgIpc) is 2.39. The van der Waals surface area contributed by atoms with Crippen molar-refractivity contribution in [1.29, 1.82) is 0 Å². The molecule has 0 spiro atoms. The van der Waals surface area contributed by atoms with Crippen LogP contribution >= 0.6 is 11.6 Å². The molecule has 2 aromatic rings. The number of amides is 1. The van der Waals surface area contributed by atoms with E-state index in [-0.39, 0.29) is 5.91 Å². The Morgan fingerprint density at radius 1 is 1.17 bits per heavy atom. The Balaban J connectivity index is 2.23. The van der Waals surface area contributed by atoms with Crippen molar-refractivity contribution < 1.29 is 4.79 Å². The minimum Gasteiger partial charge on any atom is -0.296 e. The number of rotatable bonds is 2. The average molecular weight is 262 g/mol. The van der Waals surface area contributed by atoms with Crippen LogP contribution in [-0.2, 0) is 0 Å². The first-order valence-electron chi connectivity index (χ1n) is 5.40. The van der Waals surface area contributed by atoms with Gasteiger partial charge in [-0.2, -0.15) is 0 Å². The second-order valence-electron chi connectivity index (χ2n) is 3.93. The summed E-state index contributed by atoms with van der Waals surface area (Å²) in [5.74, 6) is 0.427. The van der Waals surface area contributed by atoms with Crippen LogP contribution in [0.2, 0.25) is 5.15 Å². The molecule has 0 fully saturated rings. The summed E-state index contributed by atoms with van der Waals surface area (Å²) in [6, 6.07) is 6.94. The largest absolute Gasteiger partial charge is 0.296 e. The lowest BCUT2D eigenvalue weighted by Gasteiger charge is -2.16. The summed E-state index contributed by atoms with van der Waals surface area (Å²) >= 11 is 5.68. The van der Waals surface area contributed by atoms with Crippen molar-refractivity contribution in [2.75, 3.05) is 11.9 Å². The molecule has 0 aliphatic heterocycles. The van der Waals surface area contributed by atoms with Gasteiger partial charge in [-0.3, -0.25) is 9.69 Å². The van der Waals surface area contributed by atoms with Crippen molar-refractivity contribution in [2.45, 2.75) is 6.92 Å². The fourth-order valence-corrected chi connectivity index (χ4v) is 1.57. The van der Waals surface area contributed by atoms with Crippen molar-refractivity contribution in [3.8, 4) is 0 Å². The van der Waals surface area contributed by atoms with E-state index in [0.29, 0.717) is 16.5 Å². The van der Waals surface area contributed by atoms with Crippen LogP contribution in [-0.4, -0.2) is 22.9 Å². The monoisotopic (exact) mass is 261 g/mol. The Kier molecular flexibility index (Phi) is 3.58. The molecule has 2 heterocycles. The molecule has 92 valence electrons. The van der Waals surface area contributed by atoms with E-state index < -0.39 is 0 Å². The zero-order valence-electron chi connectivity index (χ0n) is 10.1. The molecule has 0 saturated heterocycles. The zero-order chi connectivity index (χ0) is 13.1. The molecular formula is C13H12ClN3O. The molecular weight excluding hydrogens is 250 g/mol. The Morgan fingerprint density at radius 3 is 2.50 bits per heavy atom. The number of hydrogen-bond donors (Lipinski definition) is 0. The first-order chi connectivity index (χ1) is 8.58. The second kappa shape index (κ2) is 5.14. The van der Waals surface area contributed by atoms with Crippen molar-refractivity contribution in [3.05, 3.63) is 52.9 Å². The highest BCUT2D eigenvalue weighted by Gasteiger charge is 2.14. The van der Waals surface area contributed by atoms with Gasteiger partial charge in [-0.05, 0) is 30.7 Å². The Morgan fingerprint density at radius 2 is 1.94 bits per heavy atom. The van der Waals surface area contributed by atoms with Crippen molar-refractivity contribution >= 4 is 23.3 Å². The number of aromatic nitrogens is 2. The van der Waals surface area contributed by atoms with Crippen LogP contribution in [0, 0.1) is 6.92 Å². The van der Waals surface area contributed by atoms with Gasteiger partial charge in [0.25, 0.3) is 5.91 Å². The molecule has 0 radical (unpaired) electrons. The van der Waals surface area contributed by atoms with Gasteiger partial charge in [0.15, 0.2) is 0 Å². The quantitative estimate of drug-likeness (QED) is 0.781. The van der Waals surface area contributed by atoms with Gasteiger partial charge in [0, 0.05) is 19.4 Å². The van der Waals surface area contributed by atoms with Crippen LogP contribution in [0.5, 0.6) is 0 Å². The number of pyridine rings is 2. The third-order valence-corrected chi connectivity index (χ3v) is 2.74. The van der Waals surface area contributed by atoms with Gasteiger partial charge in [-0.25, -0.2) is 9.97 Å². The molecule has 0 aliphatic rings. The Bertz CT molecular complexity index is 551. The second-order valence-corrected chi connectivity index (χ2v) is 4.31. The smallest absolute Gasteiger partial charge is 0.260 e. The van der Waals surface area contributed by atoms with E-state index in [0.717, 1.165) is 5.56 Å². The van der Waals surface area contributed by atoms with E-state index in [9.17, 15) is 4.79 Å². The van der Waals surface area contributed by atoms with E-state index in [1.165, 1.54) is 11.1 Å². The molecule has 0 atom stereocenters. The van der Waals surface area contributed by atoms with Gasteiger partial charge in [0.05, 0.1) is 5.56 Å². The minimum absolute atomic E-state index is 0.171. The van der Waals surface area contributed by atoms with Crippen molar-refractivity contribution in [1.82, 2.24) is 9.97 Å². The molecule has 0 N–H and O–H groups in total. The van der Waals surface area contributed by atoms with Crippen LogP contribution < -0.4 is 4.90 Å². The highest BCUT2D eigenvalue weighted by atomic mass is 35.5. The summed E-state index contributed by atoms with van der Waals surface area (Å²) < 4.78 is 0. The maximum absolute atomic E-state index is 12.1. The molecule has 0 bridgehead atoms. The predicted molar refractivity (Wildman–Crippen MR) is 71.0 cm³/mol. The third-order valence-electron chi connectivity index (χ3n) is 2.52. The summed E-state index contributed by atoms with van der Waals surface area (Å²) in [7, 11) is 1.68. The minimum atomic E-state index is -0.171. The molecule has 0 aliphatic carbocycles. The van der Waals surface area contributed by atoms with Crippen molar-refractivity contribution in [2.24, 2.45) is 0 Å². The lowest BCUT2D eigenvalue weighted by Crippen LogP contribution is -2.27. The summed E-state index contributed by atoms with van der Waals surface area (Å²) in [6.07, 6.45) is 3.18. The maximum Gasteiger partial charge on any atom is 0.260 e. The van der Waals surface area contributed by atoms with Gasteiger partial charge in [0.2, 0.25) is 0 Å². The molecule has 0 saturated carbocycles. The number of halogens is 1. The van der Waals surface area contributed by atoms with E-state index in [4.69, 9.17) is 11.6 Å². The van der Waals surface area contributed by atoms with Crippen LogP contribution in [0.1, 0.15) is 15.9 Å². The fourth-order valence-electron chi connectivity index (χ4n) is 1.46. The number of carbonyl (C=O) groups is 1. The maximum atomic E-state index is 12.1. The fraction of sp³-hybridized carbons (Fsp3) is 0.154. The van der Waals surface area contributed by atoms with Gasteiger partial charge in [0.1, 0.15) is 11.0 Å². The van der Waals surface area contributed by atoms with Gasteiger partial charge in [-0.1, -0.05) is 17.7 Å². The number of aryl methyl sites for hydroxylation is 1. The number of nitrogens with zero attached hydrogens (tertiary/aromatic N) is 3. The highest BCUT2D eigenvalue weighted by molar-refractivity contribution is 6.29. The third kappa shape index (κ3) is 2.65. The number of carbonyl (C=O) groups excluding carboxylic acids is 1. The van der Waals surface area contributed by atoms with E-state index >= 15 is 0 Å². The summed E-state index contributed by atoms with van der Waals surface area (Å²) in [4.78, 5) is 21.7. The summed E-state index contributed by atoms with van der Waals surface area (Å²) in [6.45, 7) is 1.95. The van der Waals surface area contributed by atoms with Gasteiger partial charge < -0.3 is 0 Å². The van der Waals surface area contributed by atoms with Crippen LogP contribution in [0.15, 0.2) is 36.7 Å². The molecule has 0 aromatic carbocycles. The molecule has 5 heteroatoms. The first kappa shape index (κ1) is 12.5. The molecule has 2 aromatic heterocycles. The first-order valence-corrected chi connectivity index (χ1v) is 5.78. The van der Waals surface area contributed by atoms with Crippen molar-refractivity contribution in [3.63, 3.8) is 0 Å². The zero-order valence-corrected chi connectivity index (χ0v) is 10.8. The molecule has 1 amide bonds. The van der Waals surface area contributed by atoms with E-state index in [1.54, 1.807) is 31.4 Å². The van der Waals surface area contributed by atoms with Gasteiger partial charge in [-0.15, -0.1) is 0 Å². The molecule has 18 heavy (non-hydrogen) atoms. The van der Waals surface area contributed by atoms with Gasteiger partial charge >= 0.3 is 0 Å². The standard InChI is InChI=1S/C13H12ClN3O/c1-9-3-6-12(16-7-9)17(2)13(18)10-4-5-11(14)15-8-10/h3-8H,1-2H3. The SMILES string of the molecule is Cc1ccc(N(C)C(=O)c2ccc(Cl)nc2)nc1. The number of anilines is 1. The Labute approximate surface area is 110 Å². The topological polar surface area (TPSA) is 46.1 Å². The highest BCUT2D eigenvalue weighted by Crippen LogP contribution is 2.13. The Hall–Kier alpha value is -1.94. The van der Waals surface area contributed by atoms with Crippen LogP contribution in [0.25, 0.3) is 0 Å². The van der Waals surface area contributed by atoms with Crippen LogP contribution in [0.3, 0.4) is 0 Å². The van der Waals surface area contributed by atoms with Crippen LogP contribution in [0.4, 0.5) is 5.82 Å². The lowest BCUT2D eigenvalue weighted by atomic mass is 10.2. The summed E-state index contributed by atoms with van der Waals surface area (Å²) in [5.41, 5.74) is 1.53.